The third-order valence-electron chi connectivity index (χ3n) is 10.4. The summed E-state index contributed by atoms with van der Waals surface area (Å²) < 4.78 is 3.47. The molecule has 0 nitrogen and oxygen atoms in total. The van der Waals surface area contributed by atoms with Gasteiger partial charge in [-0.1, -0.05) is 0 Å². The van der Waals surface area contributed by atoms with E-state index in [4.69, 9.17) is 23.2 Å². The Kier molecular flexibility index (Phi) is 13.1. The Morgan fingerprint density at radius 1 is 0.627 bits per heavy atom. The number of rotatable bonds is 6. The van der Waals surface area contributed by atoms with Crippen molar-refractivity contribution in [3.05, 3.63) is 149 Å². The van der Waals surface area contributed by atoms with Gasteiger partial charge in [-0.2, -0.15) is 0 Å². The largest absolute Gasteiger partial charge is 1.00 e. The fourth-order valence-corrected chi connectivity index (χ4v) is 17.6. The maximum atomic E-state index is 6.83. The molecule has 4 aromatic carbocycles. The fourth-order valence-electron chi connectivity index (χ4n) is 7.64. The van der Waals surface area contributed by atoms with Crippen LogP contribution in [-0.2, 0) is 32.1 Å². The summed E-state index contributed by atoms with van der Waals surface area (Å²) >= 11 is 10.6. The second-order valence-corrected chi connectivity index (χ2v) is 24.2. The quantitative estimate of drug-likeness (QED) is 0.186. The van der Waals surface area contributed by atoms with Crippen LogP contribution >= 0.6 is 23.2 Å². The van der Waals surface area contributed by atoms with Crippen molar-refractivity contribution in [2.24, 2.45) is 11.3 Å². The van der Waals surface area contributed by atoms with Crippen molar-refractivity contribution in [3.8, 4) is 11.1 Å². The Morgan fingerprint density at radius 2 is 1.10 bits per heavy atom. The minimum Gasteiger partial charge on any atom is -1.00 e. The molecule has 0 amide bonds. The first-order valence-electron chi connectivity index (χ1n) is 18.0. The van der Waals surface area contributed by atoms with E-state index in [0.717, 1.165) is 22.9 Å². The van der Waals surface area contributed by atoms with E-state index in [-0.39, 0.29) is 41.1 Å². The van der Waals surface area contributed by atoms with Gasteiger partial charge >= 0.3 is 316 Å². The number of allylic oxidation sites excluding steroid dienone is 4. The summed E-state index contributed by atoms with van der Waals surface area (Å²) in [5.74, 6) is 0.428. The third kappa shape index (κ3) is 8.66. The Bertz CT molecular complexity index is 1900. The molecule has 268 valence electrons. The van der Waals surface area contributed by atoms with E-state index in [2.05, 4.69) is 154 Å². The number of fused-ring (bicyclic) bond motifs is 3. The summed E-state index contributed by atoms with van der Waals surface area (Å²) in [7, 11) is 0. The smallest absolute Gasteiger partial charge is 1.00 e. The molecule has 0 saturated heterocycles. The molecular formula is C46H52Cl4Zr. The van der Waals surface area contributed by atoms with Gasteiger partial charge in [-0.15, -0.1) is 0 Å². The fraction of sp³-hybridized carbons (Fsp3) is 0.370. The SMILES string of the molecule is CCCC1C=C(C(C)(C)C)C=[C]1[Zr+2](=[C](c1cccc(Cl)c1)c1cccc(Cl)c1)[CH]1c2ccc(C(C)(C)C)cc2-c2cc(C(C)(C)C)ccc21.[Cl-].[Cl-]. The van der Waals surface area contributed by atoms with E-state index < -0.39 is 21.3 Å². The molecule has 0 fully saturated rings. The monoisotopic (exact) mass is 834 g/mol. The molecular weight excluding hydrogens is 786 g/mol. The molecule has 51 heavy (non-hydrogen) atoms. The average Bonchev–Trinajstić information content (AvgIpc) is 3.58. The molecule has 1 unspecified atom stereocenters. The molecule has 0 heterocycles. The van der Waals surface area contributed by atoms with Crippen LogP contribution in [0.2, 0.25) is 10.0 Å². The zero-order valence-corrected chi connectivity index (χ0v) is 37.3. The van der Waals surface area contributed by atoms with Crippen molar-refractivity contribution in [2.45, 2.75) is 96.5 Å². The number of hydrogen-bond donors (Lipinski definition) is 0. The van der Waals surface area contributed by atoms with Crippen LogP contribution in [-0.4, -0.2) is 3.21 Å². The van der Waals surface area contributed by atoms with Crippen molar-refractivity contribution in [3.63, 3.8) is 0 Å². The molecule has 2 aliphatic rings. The summed E-state index contributed by atoms with van der Waals surface area (Å²) in [5, 5.41) is 1.55. The van der Waals surface area contributed by atoms with Crippen molar-refractivity contribution in [1.82, 2.24) is 0 Å². The third-order valence-corrected chi connectivity index (χ3v) is 19.4. The van der Waals surface area contributed by atoms with Gasteiger partial charge in [0.15, 0.2) is 0 Å². The van der Waals surface area contributed by atoms with Gasteiger partial charge in [-0.3, -0.25) is 0 Å². The van der Waals surface area contributed by atoms with E-state index in [9.17, 15) is 0 Å². The molecule has 0 bridgehead atoms. The maximum absolute atomic E-state index is 6.83. The summed E-state index contributed by atoms with van der Waals surface area (Å²) in [4.78, 5) is 0. The normalized spacial score (nSPS) is 15.5. The molecule has 0 radical (unpaired) electrons. The van der Waals surface area contributed by atoms with E-state index in [1.165, 1.54) is 53.3 Å². The molecule has 0 aliphatic heterocycles. The first kappa shape index (κ1) is 42.0. The molecule has 2 aliphatic carbocycles. The Morgan fingerprint density at radius 3 is 1.49 bits per heavy atom. The molecule has 0 spiro atoms. The van der Waals surface area contributed by atoms with Crippen LogP contribution < -0.4 is 24.8 Å². The van der Waals surface area contributed by atoms with Gasteiger partial charge in [0.1, 0.15) is 0 Å². The van der Waals surface area contributed by atoms with Crippen LogP contribution in [0.4, 0.5) is 0 Å². The van der Waals surface area contributed by atoms with Crippen LogP contribution in [0.5, 0.6) is 0 Å². The summed E-state index contributed by atoms with van der Waals surface area (Å²) in [5.41, 5.74) is 12.7. The van der Waals surface area contributed by atoms with Gasteiger partial charge in [-0.25, -0.2) is 0 Å². The molecule has 0 saturated carbocycles. The van der Waals surface area contributed by atoms with Crippen molar-refractivity contribution in [2.75, 3.05) is 0 Å². The standard InChI is InChI=1S/C21H25.C13H8Cl2.C12H19.2ClH.Zr/c1-20(2,3)16-9-7-14-11-15-8-10-17(21(4,5)6)13-19(15)18(14)12-16;14-12-5-1-3-10(8-12)7-11-4-2-6-13(15)9-11;1-5-6-10-7-8-11(9-10)12(2,3)4;;;/h7-13H,1-6H3;1-6,8-9H;8-10H,5-6H2,1-4H3;2*1H;/q;;;;;+2/p-2. The van der Waals surface area contributed by atoms with E-state index >= 15 is 0 Å². The van der Waals surface area contributed by atoms with Crippen molar-refractivity contribution >= 4 is 26.4 Å². The van der Waals surface area contributed by atoms with E-state index in [1.54, 1.807) is 3.28 Å². The van der Waals surface area contributed by atoms with Gasteiger partial charge in [0, 0.05) is 0 Å². The molecule has 0 aromatic heterocycles. The zero-order valence-electron chi connectivity index (χ0n) is 31.8. The van der Waals surface area contributed by atoms with Crippen LogP contribution in [0, 0.1) is 11.3 Å². The second-order valence-electron chi connectivity index (χ2n) is 17.2. The Hall–Kier alpha value is -1.73. The van der Waals surface area contributed by atoms with Gasteiger partial charge in [0.2, 0.25) is 0 Å². The van der Waals surface area contributed by atoms with E-state index in [0.29, 0.717) is 9.54 Å². The van der Waals surface area contributed by atoms with Crippen LogP contribution in [0.3, 0.4) is 0 Å². The van der Waals surface area contributed by atoms with E-state index in [1.807, 2.05) is 12.1 Å². The predicted molar refractivity (Wildman–Crippen MR) is 211 cm³/mol. The topological polar surface area (TPSA) is 0 Å². The molecule has 6 rings (SSSR count). The van der Waals surface area contributed by atoms with Gasteiger partial charge in [-0.05, 0) is 0 Å². The minimum atomic E-state index is -3.03. The second kappa shape index (κ2) is 15.9. The Labute approximate surface area is 338 Å². The molecule has 0 N–H and O–H groups in total. The van der Waals surface area contributed by atoms with Crippen molar-refractivity contribution in [1.29, 1.82) is 0 Å². The average molecular weight is 838 g/mol. The number of benzene rings is 4. The predicted octanol–water partition coefficient (Wildman–Crippen LogP) is 7.84. The first-order chi connectivity index (χ1) is 23.0. The first-order valence-corrected chi connectivity index (χ1v) is 22.6. The summed E-state index contributed by atoms with van der Waals surface area (Å²) in [6, 6.07) is 32.1. The van der Waals surface area contributed by atoms with Gasteiger partial charge in [0.05, 0.1) is 0 Å². The zero-order chi connectivity index (χ0) is 35.5. The maximum Gasteiger partial charge on any atom is -1.00 e. The van der Waals surface area contributed by atoms with Gasteiger partial charge < -0.3 is 24.8 Å². The van der Waals surface area contributed by atoms with Gasteiger partial charge in [0.25, 0.3) is 0 Å². The number of halogens is 4. The van der Waals surface area contributed by atoms with Crippen LogP contribution in [0.25, 0.3) is 11.1 Å². The van der Waals surface area contributed by atoms with Crippen molar-refractivity contribution < 1.29 is 46.1 Å². The summed E-state index contributed by atoms with van der Waals surface area (Å²) in [6.07, 6.45) is 7.58. The molecule has 1 atom stereocenters. The number of hydrogen-bond acceptors (Lipinski definition) is 0. The van der Waals surface area contributed by atoms with Crippen LogP contribution in [0.15, 0.2) is 106 Å². The molecule has 4 aromatic rings. The molecule has 5 heteroatoms. The summed E-state index contributed by atoms with van der Waals surface area (Å²) in [6.45, 7) is 23.4. The minimum absolute atomic E-state index is 0. The van der Waals surface area contributed by atoms with Crippen LogP contribution in [0.1, 0.15) is 119 Å². The Balaban J connectivity index is 0.00000292.